The molecule has 0 bridgehead atoms. The second-order valence-corrected chi connectivity index (χ2v) is 4.90. The van der Waals surface area contributed by atoms with E-state index in [0.29, 0.717) is 17.9 Å². The molecule has 0 spiro atoms. The van der Waals surface area contributed by atoms with Gasteiger partial charge in [0.05, 0.1) is 12.4 Å². The molecule has 0 radical (unpaired) electrons. The predicted octanol–water partition coefficient (Wildman–Crippen LogP) is 1.31. The Morgan fingerprint density at radius 1 is 1.37 bits per heavy atom. The lowest BCUT2D eigenvalue weighted by Crippen LogP contribution is -2.34. The fraction of sp³-hybridized carbons (Fsp3) is 0.385. The number of carboxylic acids is 1. The Morgan fingerprint density at radius 2 is 2.05 bits per heavy atom. The molecule has 0 saturated carbocycles. The second-order valence-electron chi connectivity index (χ2n) is 3.79. The number of carbonyl (C=O) groups excluding carboxylic acids is 1. The molecule has 2 N–H and O–H groups in total. The van der Waals surface area contributed by atoms with E-state index in [9.17, 15) is 9.59 Å². The zero-order chi connectivity index (χ0) is 14.1. The molecule has 1 aromatic rings. The fourth-order valence-electron chi connectivity index (χ4n) is 1.44. The summed E-state index contributed by atoms with van der Waals surface area (Å²) in [5.41, 5.74) is 0.560. The summed E-state index contributed by atoms with van der Waals surface area (Å²) in [6, 6.07) is 7.63. The molecule has 19 heavy (non-hydrogen) atoms. The Labute approximate surface area is 116 Å². The Kier molecular flexibility index (Phi) is 6.99. The molecule has 1 rings (SSSR count). The number of ether oxygens (including phenoxy) is 1. The van der Waals surface area contributed by atoms with E-state index in [2.05, 4.69) is 5.32 Å². The largest absolute Gasteiger partial charge is 0.479 e. The van der Waals surface area contributed by atoms with Gasteiger partial charge < -0.3 is 15.2 Å². The van der Waals surface area contributed by atoms with E-state index < -0.39 is 12.0 Å². The van der Waals surface area contributed by atoms with E-state index in [1.807, 2.05) is 0 Å². The summed E-state index contributed by atoms with van der Waals surface area (Å²) in [5.74, 6) is -0.439. The van der Waals surface area contributed by atoms with Crippen molar-refractivity contribution >= 4 is 23.6 Å². The third-order valence-electron chi connectivity index (χ3n) is 2.35. The number of rotatable bonds is 8. The smallest absolute Gasteiger partial charge is 0.330 e. The molecule has 1 atom stereocenters. The molecular weight excluding hydrogens is 266 g/mol. The van der Waals surface area contributed by atoms with Gasteiger partial charge in [0.1, 0.15) is 0 Å². The number of nitrogens with one attached hydrogen (secondary N) is 1. The van der Waals surface area contributed by atoms with Crippen molar-refractivity contribution in [2.75, 3.05) is 25.2 Å². The highest BCUT2D eigenvalue weighted by molar-refractivity contribution is 7.99. The Morgan fingerprint density at radius 3 is 2.63 bits per heavy atom. The topological polar surface area (TPSA) is 75.6 Å². The first-order chi connectivity index (χ1) is 9.15. The lowest BCUT2D eigenvalue weighted by molar-refractivity contribution is -0.141. The van der Waals surface area contributed by atoms with Crippen LogP contribution in [0.1, 0.15) is 11.6 Å². The summed E-state index contributed by atoms with van der Waals surface area (Å²) in [6.45, 7) is 0.568. The molecule has 104 valence electrons. The molecule has 0 aliphatic rings. The molecule has 0 aliphatic carbocycles. The average Bonchev–Trinajstić information content (AvgIpc) is 2.41. The molecular formula is C13H17NO4S. The van der Waals surface area contributed by atoms with Gasteiger partial charge in [0.25, 0.3) is 0 Å². The summed E-state index contributed by atoms with van der Waals surface area (Å²) in [7, 11) is 1.59. The highest BCUT2D eigenvalue weighted by Crippen LogP contribution is 2.13. The molecule has 0 aromatic heterocycles. The maximum absolute atomic E-state index is 11.7. The monoisotopic (exact) mass is 283 g/mol. The van der Waals surface area contributed by atoms with E-state index in [-0.39, 0.29) is 11.7 Å². The summed E-state index contributed by atoms with van der Waals surface area (Å²) in [4.78, 5) is 22.8. The van der Waals surface area contributed by atoms with Crippen molar-refractivity contribution in [1.29, 1.82) is 0 Å². The van der Waals surface area contributed by atoms with Crippen LogP contribution >= 0.6 is 11.8 Å². The summed E-state index contributed by atoms with van der Waals surface area (Å²) < 4.78 is 4.87. The zero-order valence-electron chi connectivity index (χ0n) is 10.7. The third kappa shape index (κ3) is 5.76. The van der Waals surface area contributed by atoms with Crippen LogP contribution in [0.5, 0.6) is 0 Å². The molecule has 0 heterocycles. The zero-order valence-corrected chi connectivity index (χ0v) is 11.5. The van der Waals surface area contributed by atoms with E-state index in [1.54, 1.807) is 37.4 Å². The lowest BCUT2D eigenvalue weighted by atomic mass is 10.1. The fourth-order valence-corrected chi connectivity index (χ4v) is 2.14. The minimum Gasteiger partial charge on any atom is -0.479 e. The van der Waals surface area contributed by atoms with Crippen LogP contribution in [0.15, 0.2) is 30.3 Å². The van der Waals surface area contributed by atoms with Gasteiger partial charge in [-0.3, -0.25) is 4.79 Å². The van der Waals surface area contributed by atoms with Gasteiger partial charge in [-0.05, 0) is 5.56 Å². The van der Waals surface area contributed by atoms with Gasteiger partial charge in [-0.2, -0.15) is 0 Å². The van der Waals surface area contributed by atoms with Crippen LogP contribution in [0.2, 0.25) is 0 Å². The summed E-state index contributed by atoms with van der Waals surface area (Å²) in [5, 5.41) is 11.7. The highest BCUT2D eigenvalue weighted by Gasteiger charge is 2.21. The Bertz CT molecular complexity index is 410. The quantitative estimate of drug-likeness (QED) is 0.704. The van der Waals surface area contributed by atoms with Gasteiger partial charge >= 0.3 is 5.97 Å². The molecule has 5 nitrogen and oxygen atoms in total. The molecule has 1 aromatic carbocycles. The minimum absolute atomic E-state index is 0.222. The first-order valence-corrected chi connectivity index (χ1v) is 6.94. The van der Waals surface area contributed by atoms with Crippen LogP contribution in [0, 0.1) is 0 Å². The van der Waals surface area contributed by atoms with Gasteiger partial charge in [0, 0.05) is 12.9 Å². The van der Waals surface area contributed by atoms with Crippen LogP contribution in [-0.4, -0.2) is 42.2 Å². The van der Waals surface area contributed by atoms with E-state index >= 15 is 0 Å². The number of amides is 1. The Balaban J connectivity index is 2.51. The maximum atomic E-state index is 11.7. The lowest BCUT2D eigenvalue weighted by Gasteiger charge is -2.14. The van der Waals surface area contributed by atoms with Gasteiger partial charge in [0.2, 0.25) is 5.91 Å². The average molecular weight is 283 g/mol. The first kappa shape index (κ1) is 15.5. The van der Waals surface area contributed by atoms with Crippen LogP contribution in [0.3, 0.4) is 0 Å². The predicted molar refractivity (Wildman–Crippen MR) is 74.2 cm³/mol. The second kappa shape index (κ2) is 8.55. The number of aliphatic carboxylic acids is 1. The van der Waals surface area contributed by atoms with Crippen LogP contribution in [-0.2, 0) is 14.3 Å². The maximum Gasteiger partial charge on any atom is 0.330 e. The summed E-state index contributed by atoms with van der Waals surface area (Å²) >= 11 is 1.40. The van der Waals surface area contributed by atoms with Crippen LogP contribution < -0.4 is 5.32 Å². The summed E-state index contributed by atoms with van der Waals surface area (Å²) in [6.07, 6.45) is 0. The van der Waals surface area contributed by atoms with E-state index in [0.717, 1.165) is 0 Å². The number of hydrogen-bond acceptors (Lipinski definition) is 4. The first-order valence-electron chi connectivity index (χ1n) is 5.79. The van der Waals surface area contributed by atoms with E-state index in [4.69, 9.17) is 9.84 Å². The van der Waals surface area contributed by atoms with Gasteiger partial charge in [0.15, 0.2) is 6.04 Å². The normalized spacial score (nSPS) is 11.8. The molecule has 1 amide bonds. The highest BCUT2D eigenvalue weighted by atomic mass is 32.2. The molecule has 0 saturated heterocycles. The van der Waals surface area contributed by atoms with Crippen LogP contribution in [0.4, 0.5) is 0 Å². The van der Waals surface area contributed by atoms with E-state index in [1.165, 1.54) is 11.8 Å². The molecule has 6 heteroatoms. The number of benzene rings is 1. The standard InChI is InChI=1S/C13H17NO4S/c1-18-7-8-19-9-11(15)14-12(13(16)17)10-5-3-2-4-6-10/h2-6,12H,7-9H2,1H3,(H,14,15)(H,16,17). The number of carboxylic acid groups (broad SMARTS) is 1. The number of carbonyl (C=O) groups is 2. The molecule has 1 unspecified atom stereocenters. The van der Waals surface area contributed by atoms with Crippen molar-refractivity contribution < 1.29 is 19.4 Å². The SMILES string of the molecule is COCCSCC(=O)NC(C(=O)O)c1ccccc1. The minimum atomic E-state index is -1.07. The van der Waals surface area contributed by atoms with Crippen molar-refractivity contribution in [2.45, 2.75) is 6.04 Å². The number of methoxy groups -OCH3 is 1. The molecule has 0 aliphatic heterocycles. The number of hydrogen-bond donors (Lipinski definition) is 2. The van der Waals surface area contributed by atoms with Gasteiger partial charge in [-0.1, -0.05) is 30.3 Å². The van der Waals surface area contributed by atoms with Crippen molar-refractivity contribution in [3.05, 3.63) is 35.9 Å². The Hall–Kier alpha value is -1.53. The van der Waals surface area contributed by atoms with Crippen molar-refractivity contribution in [2.24, 2.45) is 0 Å². The third-order valence-corrected chi connectivity index (χ3v) is 3.27. The van der Waals surface area contributed by atoms with Gasteiger partial charge in [-0.25, -0.2) is 4.79 Å². The van der Waals surface area contributed by atoms with Crippen molar-refractivity contribution in [3.63, 3.8) is 0 Å². The van der Waals surface area contributed by atoms with Crippen molar-refractivity contribution in [3.8, 4) is 0 Å². The van der Waals surface area contributed by atoms with Crippen molar-refractivity contribution in [1.82, 2.24) is 5.32 Å². The van der Waals surface area contributed by atoms with Crippen LogP contribution in [0.25, 0.3) is 0 Å². The number of thioether (sulfide) groups is 1. The molecule has 0 fully saturated rings. The van der Waals surface area contributed by atoms with Gasteiger partial charge in [-0.15, -0.1) is 11.8 Å².